The first-order valence-electron chi connectivity index (χ1n) is 11.3. The quantitative estimate of drug-likeness (QED) is 0.469. The molecular weight excluding hydrogens is 538 g/mol. The highest BCUT2D eigenvalue weighted by Crippen LogP contribution is 2.25. The molecule has 0 saturated carbocycles. The minimum absolute atomic E-state index is 0.112. The number of piperazine rings is 1. The molecule has 1 amide bonds. The van der Waals surface area contributed by atoms with E-state index in [1.807, 2.05) is 4.90 Å². The minimum atomic E-state index is -3.73. The summed E-state index contributed by atoms with van der Waals surface area (Å²) in [7, 11) is -5.93. The third kappa shape index (κ3) is 6.04. The summed E-state index contributed by atoms with van der Waals surface area (Å²) in [5.41, 5.74) is 1.61. The number of hydrogen-bond donors (Lipinski definition) is 1. The summed E-state index contributed by atoms with van der Waals surface area (Å²) in [6.45, 7) is 1.60. The van der Waals surface area contributed by atoms with Gasteiger partial charge in [-0.2, -0.15) is 4.31 Å². The van der Waals surface area contributed by atoms with E-state index >= 15 is 0 Å². The maximum Gasteiger partial charge on any atom is 0.257 e. The molecule has 13 heteroatoms. The van der Waals surface area contributed by atoms with Crippen LogP contribution in [0.25, 0.3) is 0 Å². The highest BCUT2D eigenvalue weighted by molar-refractivity contribution is 7.92. The van der Waals surface area contributed by atoms with Crippen LogP contribution >= 0.6 is 11.6 Å². The van der Waals surface area contributed by atoms with E-state index in [9.17, 15) is 21.6 Å². The fourth-order valence-electron chi connectivity index (χ4n) is 3.94. The Morgan fingerprint density at radius 1 is 0.973 bits per heavy atom. The van der Waals surface area contributed by atoms with Gasteiger partial charge in [-0.1, -0.05) is 23.7 Å². The molecule has 1 N–H and O–H groups in total. The fraction of sp³-hybridized carbons (Fsp3) is 0.250. The van der Waals surface area contributed by atoms with Gasteiger partial charge in [-0.25, -0.2) is 16.8 Å². The zero-order chi connectivity index (χ0) is 26.8. The van der Waals surface area contributed by atoms with Gasteiger partial charge in [0.15, 0.2) is 0 Å². The average Bonchev–Trinajstić information content (AvgIpc) is 2.88. The van der Waals surface area contributed by atoms with Crippen molar-refractivity contribution in [1.82, 2.24) is 9.29 Å². The van der Waals surface area contributed by atoms with Gasteiger partial charge in [-0.05, 0) is 42.5 Å². The molecule has 3 aromatic rings. The van der Waals surface area contributed by atoms with E-state index < -0.39 is 26.0 Å². The van der Waals surface area contributed by atoms with Crippen LogP contribution in [0.4, 0.5) is 17.1 Å². The molecule has 1 aromatic heterocycles. The number of hydrogen-bond acceptors (Lipinski definition) is 7. The molecule has 0 bridgehead atoms. The largest absolute Gasteiger partial charge is 0.368 e. The van der Waals surface area contributed by atoms with E-state index in [4.69, 9.17) is 11.6 Å². The molecule has 0 atom stereocenters. The highest BCUT2D eigenvalue weighted by atomic mass is 35.5. The standard InChI is InChI=1S/C24H26ClN5O5S2/c1-28(36(2,32)33)23-6-4-3-5-22(23)24(31)27-19-7-9-21(10-8-19)37(34,35)30-13-11-29(12-14-30)20-15-18(25)16-26-17-20/h3-10,15-17H,11-14H2,1-2H3,(H,27,31). The average molecular weight is 564 g/mol. The van der Waals surface area contributed by atoms with E-state index in [-0.39, 0.29) is 16.1 Å². The predicted octanol–water partition coefficient (Wildman–Crippen LogP) is 2.89. The van der Waals surface area contributed by atoms with Crippen LogP contribution in [0.5, 0.6) is 0 Å². The number of amides is 1. The Kier molecular flexibility index (Phi) is 7.74. The summed E-state index contributed by atoms with van der Waals surface area (Å²) in [5.74, 6) is -0.520. The van der Waals surface area contributed by atoms with E-state index in [0.717, 1.165) is 16.2 Å². The lowest BCUT2D eigenvalue weighted by Crippen LogP contribution is -2.48. The topological polar surface area (TPSA) is 120 Å². The zero-order valence-electron chi connectivity index (χ0n) is 20.2. The third-order valence-electron chi connectivity index (χ3n) is 6.03. The monoisotopic (exact) mass is 563 g/mol. The highest BCUT2D eigenvalue weighted by Gasteiger charge is 2.29. The van der Waals surface area contributed by atoms with Crippen molar-refractivity contribution < 1.29 is 21.6 Å². The lowest BCUT2D eigenvalue weighted by Gasteiger charge is -2.35. The Balaban J connectivity index is 1.44. The zero-order valence-corrected chi connectivity index (χ0v) is 22.6. The number of rotatable bonds is 7. The van der Waals surface area contributed by atoms with Crippen LogP contribution in [0.3, 0.4) is 0 Å². The third-order valence-corrected chi connectivity index (χ3v) is 9.34. The smallest absolute Gasteiger partial charge is 0.257 e. The molecular formula is C24H26ClN5O5S2. The van der Waals surface area contributed by atoms with Crippen molar-refractivity contribution in [1.29, 1.82) is 0 Å². The Morgan fingerprint density at radius 3 is 2.24 bits per heavy atom. The maximum atomic E-state index is 13.2. The number of nitrogens with one attached hydrogen (secondary N) is 1. The van der Waals surface area contributed by atoms with E-state index in [1.165, 1.54) is 47.8 Å². The van der Waals surface area contributed by atoms with Crippen molar-refractivity contribution in [3.63, 3.8) is 0 Å². The molecule has 2 heterocycles. The van der Waals surface area contributed by atoms with Crippen molar-refractivity contribution in [2.24, 2.45) is 0 Å². The molecule has 10 nitrogen and oxygen atoms in total. The summed E-state index contributed by atoms with van der Waals surface area (Å²) in [6.07, 6.45) is 4.29. The van der Waals surface area contributed by atoms with Crippen LogP contribution < -0.4 is 14.5 Å². The van der Waals surface area contributed by atoms with E-state index in [2.05, 4.69) is 10.3 Å². The second-order valence-corrected chi connectivity index (χ2v) is 12.9. The van der Waals surface area contributed by atoms with Gasteiger partial charge in [0.25, 0.3) is 5.91 Å². The van der Waals surface area contributed by atoms with Crippen molar-refractivity contribution in [2.45, 2.75) is 4.90 Å². The first-order chi connectivity index (χ1) is 17.5. The van der Waals surface area contributed by atoms with Crippen molar-refractivity contribution >= 4 is 54.6 Å². The fourth-order valence-corrected chi connectivity index (χ4v) is 6.04. The number of para-hydroxylation sites is 1. The van der Waals surface area contributed by atoms with Gasteiger partial charge in [0.2, 0.25) is 20.0 Å². The number of halogens is 1. The molecule has 0 spiro atoms. The molecule has 1 aliphatic rings. The number of sulfonamides is 2. The minimum Gasteiger partial charge on any atom is -0.368 e. The summed E-state index contributed by atoms with van der Waals surface area (Å²) < 4.78 is 52.7. The Hall–Kier alpha value is -3.19. The molecule has 0 unspecified atom stereocenters. The van der Waals surface area contributed by atoms with Crippen LogP contribution in [-0.2, 0) is 20.0 Å². The van der Waals surface area contributed by atoms with Crippen LogP contribution in [0.2, 0.25) is 5.02 Å². The van der Waals surface area contributed by atoms with E-state index in [0.29, 0.717) is 36.9 Å². The lowest BCUT2D eigenvalue weighted by molar-refractivity contribution is 0.102. The van der Waals surface area contributed by atoms with Crippen LogP contribution in [0, 0.1) is 0 Å². The molecule has 4 rings (SSSR count). The number of pyridine rings is 1. The number of nitrogens with zero attached hydrogens (tertiary/aromatic N) is 4. The number of benzene rings is 2. The Morgan fingerprint density at radius 2 is 1.62 bits per heavy atom. The molecule has 0 radical (unpaired) electrons. The lowest BCUT2D eigenvalue weighted by atomic mass is 10.1. The van der Waals surface area contributed by atoms with Crippen LogP contribution in [0.1, 0.15) is 10.4 Å². The Labute approximate surface area is 221 Å². The van der Waals surface area contributed by atoms with Crippen LogP contribution in [-0.4, -0.2) is 71.5 Å². The van der Waals surface area contributed by atoms with Gasteiger partial charge in [0.1, 0.15) is 0 Å². The summed E-state index contributed by atoms with van der Waals surface area (Å²) in [5, 5.41) is 3.22. The normalized spacial score (nSPS) is 14.8. The second kappa shape index (κ2) is 10.7. The molecule has 1 fully saturated rings. The molecule has 37 heavy (non-hydrogen) atoms. The molecule has 1 aliphatic heterocycles. The molecule has 0 aliphatic carbocycles. The van der Waals surface area contributed by atoms with Crippen LogP contribution in [0.15, 0.2) is 71.9 Å². The van der Waals surface area contributed by atoms with Gasteiger partial charge in [0.05, 0.1) is 39.3 Å². The van der Waals surface area contributed by atoms with E-state index in [1.54, 1.807) is 30.6 Å². The summed E-state index contributed by atoms with van der Waals surface area (Å²) in [6, 6.07) is 14.0. The van der Waals surface area contributed by atoms with Crippen molar-refractivity contribution in [2.75, 3.05) is 54.0 Å². The Bertz CT molecular complexity index is 1510. The number of carbonyl (C=O) groups excluding carboxylic acids is 1. The summed E-state index contributed by atoms with van der Waals surface area (Å²) in [4.78, 5) is 19.1. The first-order valence-corrected chi connectivity index (χ1v) is 14.9. The molecule has 1 saturated heterocycles. The molecule has 2 aromatic carbocycles. The number of aromatic nitrogens is 1. The van der Waals surface area contributed by atoms with Crippen molar-refractivity contribution in [3.8, 4) is 0 Å². The van der Waals surface area contributed by atoms with Gasteiger partial charge in [-0.15, -0.1) is 0 Å². The van der Waals surface area contributed by atoms with Gasteiger partial charge in [0, 0.05) is 45.1 Å². The number of anilines is 3. The first kappa shape index (κ1) is 26.9. The second-order valence-electron chi connectivity index (χ2n) is 8.48. The predicted molar refractivity (Wildman–Crippen MR) is 144 cm³/mol. The van der Waals surface area contributed by atoms with Gasteiger partial charge >= 0.3 is 0 Å². The summed E-state index contributed by atoms with van der Waals surface area (Å²) >= 11 is 6.02. The van der Waals surface area contributed by atoms with Gasteiger partial charge < -0.3 is 10.2 Å². The van der Waals surface area contributed by atoms with Crippen molar-refractivity contribution in [3.05, 3.63) is 77.6 Å². The molecule has 196 valence electrons. The SMILES string of the molecule is CN(c1ccccc1C(=O)Nc1ccc(S(=O)(=O)N2CCN(c3cncc(Cl)c3)CC2)cc1)S(C)(=O)=O. The maximum absolute atomic E-state index is 13.2. The number of carbonyl (C=O) groups is 1. The van der Waals surface area contributed by atoms with Gasteiger partial charge in [-0.3, -0.25) is 14.1 Å².